The van der Waals surface area contributed by atoms with Crippen LogP contribution < -0.4 is 15.4 Å². The zero-order valence-electron chi connectivity index (χ0n) is 18.3. The Morgan fingerprint density at radius 1 is 1.03 bits per heavy atom. The summed E-state index contributed by atoms with van der Waals surface area (Å²) in [6.07, 6.45) is 4.88. The maximum Gasteiger partial charge on any atom is 0.253 e. The van der Waals surface area contributed by atoms with Gasteiger partial charge >= 0.3 is 0 Å². The highest BCUT2D eigenvalue weighted by Crippen LogP contribution is 2.37. The molecule has 0 spiro atoms. The van der Waals surface area contributed by atoms with Crippen LogP contribution in [0.5, 0.6) is 5.88 Å². The zero-order valence-corrected chi connectivity index (χ0v) is 18.3. The molecule has 6 rings (SSSR count). The molecule has 2 aliphatic heterocycles. The number of benzene rings is 1. The summed E-state index contributed by atoms with van der Waals surface area (Å²) in [6.45, 7) is 3.06. The van der Waals surface area contributed by atoms with Gasteiger partial charge in [-0.1, -0.05) is 0 Å². The molecular weight excluding hydrogens is 420 g/mol. The first-order chi connectivity index (χ1) is 16.2. The van der Waals surface area contributed by atoms with Gasteiger partial charge in [0.2, 0.25) is 11.8 Å². The zero-order chi connectivity index (χ0) is 22.4. The number of aryl methyl sites for hydroxylation is 1. The molecule has 2 aromatic heterocycles. The molecule has 4 heterocycles. The molecule has 2 N–H and O–H groups in total. The summed E-state index contributed by atoms with van der Waals surface area (Å²) in [4.78, 5) is 31.5. The number of nitrogens with one attached hydrogen (secondary N) is 2. The molecule has 3 aliphatic rings. The van der Waals surface area contributed by atoms with Crippen LogP contribution in [-0.4, -0.2) is 51.2 Å². The van der Waals surface area contributed by atoms with Crippen LogP contribution in [0.3, 0.4) is 0 Å². The molecule has 1 aliphatic carbocycles. The van der Waals surface area contributed by atoms with Gasteiger partial charge in [-0.15, -0.1) is 5.10 Å². The lowest BCUT2D eigenvalue weighted by Gasteiger charge is -2.17. The Morgan fingerprint density at radius 3 is 2.58 bits per heavy atom. The Labute approximate surface area is 191 Å². The number of ether oxygens (including phenoxy) is 1. The molecule has 1 saturated heterocycles. The molecule has 0 bridgehead atoms. The quantitative estimate of drug-likeness (QED) is 0.622. The number of anilines is 3. The third kappa shape index (κ3) is 3.88. The molecule has 33 heavy (non-hydrogen) atoms. The highest BCUT2D eigenvalue weighted by Gasteiger charge is 2.30. The first-order valence-corrected chi connectivity index (χ1v) is 11.7. The van der Waals surface area contributed by atoms with Crippen molar-refractivity contribution in [2.24, 2.45) is 5.92 Å². The molecule has 2 fully saturated rings. The van der Waals surface area contributed by atoms with E-state index < -0.39 is 0 Å². The number of amides is 2. The maximum atomic E-state index is 12.7. The number of likely N-dealkylation sites (tertiary alicyclic amines) is 1. The average Bonchev–Trinajstić information content (AvgIpc) is 3.40. The third-order valence-electron chi connectivity index (χ3n) is 6.42. The fourth-order valence-corrected chi connectivity index (χ4v) is 4.48. The van der Waals surface area contributed by atoms with Gasteiger partial charge in [0.15, 0.2) is 5.65 Å². The van der Waals surface area contributed by atoms with E-state index in [1.807, 2.05) is 39.9 Å². The molecular formula is C24H26N6O3. The SMILES string of the molecule is O=C(Nc1cc(Nc2ccc(C(=O)N3CCCC3)cc2)c2c3n(nc2n1)CCCO3)C1CC1. The number of nitrogens with zero attached hydrogens (tertiary/aromatic N) is 4. The Bertz CT molecular complexity index is 1230. The van der Waals surface area contributed by atoms with Crippen LogP contribution in [0.15, 0.2) is 30.3 Å². The number of carbonyl (C=O) groups is 2. The van der Waals surface area contributed by atoms with Crippen LogP contribution in [0.1, 0.15) is 42.5 Å². The standard InChI is InChI=1S/C24H26N6O3/c31-22(15-4-5-15)27-19-14-18(20-21(26-19)28-30-12-3-13-33-24(20)30)25-17-8-6-16(7-9-17)23(32)29-10-1-2-11-29/h6-9,14-15,25H,1-5,10-13H2,(H,26,27,28,31). The van der Waals surface area contributed by atoms with E-state index in [1.54, 1.807) is 0 Å². The van der Waals surface area contributed by atoms with Crippen LogP contribution >= 0.6 is 0 Å². The summed E-state index contributed by atoms with van der Waals surface area (Å²) in [5.41, 5.74) is 2.80. The van der Waals surface area contributed by atoms with Gasteiger partial charge in [0.1, 0.15) is 11.2 Å². The van der Waals surface area contributed by atoms with Gasteiger partial charge in [0, 0.05) is 49.3 Å². The monoisotopic (exact) mass is 446 g/mol. The molecule has 2 amide bonds. The number of aromatic nitrogens is 3. The number of hydrogen-bond donors (Lipinski definition) is 2. The second kappa shape index (κ2) is 8.06. The number of fused-ring (bicyclic) bond motifs is 3. The minimum Gasteiger partial charge on any atom is -0.477 e. The van der Waals surface area contributed by atoms with Gasteiger partial charge in [-0.3, -0.25) is 9.59 Å². The molecule has 0 radical (unpaired) electrons. The topological polar surface area (TPSA) is 101 Å². The van der Waals surface area contributed by atoms with Crippen molar-refractivity contribution in [2.45, 2.75) is 38.6 Å². The predicted octanol–water partition coefficient (Wildman–Crippen LogP) is 3.54. The van der Waals surface area contributed by atoms with Gasteiger partial charge in [0.05, 0.1) is 12.3 Å². The van der Waals surface area contributed by atoms with Crippen molar-refractivity contribution in [2.75, 3.05) is 30.3 Å². The molecule has 9 nitrogen and oxygen atoms in total. The Balaban J connectivity index is 1.32. The van der Waals surface area contributed by atoms with Gasteiger partial charge in [-0.2, -0.15) is 0 Å². The molecule has 170 valence electrons. The van der Waals surface area contributed by atoms with Crippen molar-refractivity contribution in [3.05, 3.63) is 35.9 Å². The first kappa shape index (κ1) is 20.0. The fourth-order valence-electron chi connectivity index (χ4n) is 4.48. The fraction of sp³-hybridized carbons (Fsp3) is 0.417. The summed E-state index contributed by atoms with van der Waals surface area (Å²) in [5, 5.41) is 11.7. The van der Waals surface area contributed by atoms with Gasteiger partial charge in [0.25, 0.3) is 5.91 Å². The predicted molar refractivity (Wildman–Crippen MR) is 124 cm³/mol. The molecule has 3 aromatic rings. The van der Waals surface area contributed by atoms with Crippen molar-refractivity contribution in [1.29, 1.82) is 0 Å². The Hall–Kier alpha value is -3.62. The number of rotatable bonds is 5. The van der Waals surface area contributed by atoms with Crippen molar-refractivity contribution in [1.82, 2.24) is 19.7 Å². The smallest absolute Gasteiger partial charge is 0.253 e. The van der Waals surface area contributed by atoms with Gasteiger partial charge in [-0.25, -0.2) is 9.67 Å². The van der Waals surface area contributed by atoms with Gasteiger partial charge < -0.3 is 20.3 Å². The van der Waals surface area contributed by atoms with E-state index in [9.17, 15) is 9.59 Å². The molecule has 9 heteroatoms. The summed E-state index contributed by atoms with van der Waals surface area (Å²) >= 11 is 0. The van der Waals surface area contributed by atoms with E-state index in [0.717, 1.165) is 68.5 Å². The third-order valence-corrected chi connectivity index (χ3v) is 6.42. The van der Waals surface area contributed by atoms with E-state index in [4.69, 9.17) is 4.74 Å². The lowest BCUT2D eigenvalue weighted by Crippen LogP contribution is -2.27. The molecule has 1 saturated carbocycles. The molecule has 1 aromatic carbocycles. The second-order valence-electron chi connectivity index (χ2n) is 8.95. The summed E-state index contributed by atoms with van der Waals surface area (Å²) in [5.74, 6) is 1.32. The van der Waals surface area contributed by atoms with E-state index in [1.165, 1.54) is 0 Å². The summed E-state index contributed by atoms with van der Waals surface area (Å²) in [6, 6.07) is 9.32. The van der Waals surface area contributed by atoms with E-state index in [0.29, 0.717) is 29.5 Å². The molecule has 0 atom stereocenters. The van der Waals surface area contributed by atoms with Crippen LogP contribution in [0.25, 0.3) is 11.0 Å². The highest BCUT2D eigenvalue weighted by atomic mass is 16.5. The van der Waals surface area contributed by atoms with Crippen LogP contribution in [0.2, 0.25) is 0 Å². The van der Waals surface area contributed by atoms with E-state index >= 15 is 0 Å². The summed E-state index contributed by atoms with van der Waals surface area (Å²) < 4.78 is 7.74. The number of pyridine rings is 1. The highest BCUT2D eigenvalue weighted by molar-refractivity contribution is 6.00. The van der Waals surface area contributed by atoms with E-state index in [-0.39, 0.29) is 17.7 Å². The number of carbonyl (C=O) groups excluding carboxylic acids is 2. The van der Waals surface area contributed by atoms with Crippen molar-refractivity contribution >= 4 is 40.0 Å². The minimum atomic E-state index is -0.00204. The Morgan fingerprint density at radius 2 is 1.82 bits per heavy atom. The average molecular weight is 447 g/mol. The van der Waals surface area contributed by atoms with Crippen LogP contribution in [-0.2, 0) is 11.3 Å². The van der Waals surface area contributed by atoms with Crippen LogP contribution in [0, 0.1) is 5.92 Å². The second-order valence-corrected chi connectivity index (χ2v) is 8.95. The normalized spacial score (nSPS) is 17.5. The Kier molecular flexibility index (Phi) is 4.89. The lowest BCUT2D eigenvalue weighted by atomic mass is 10.1. The van der Waals surface area contributed by atoms with Crippen LogP contribution in [0.4, 0.5) is 17.2 Å². The number of hydrogen-bond acceptors (Lipinski definition) is 6. The van der Waals surface area contributed by atoms with Gasteiger partial charge in [-0.05, 0) is 49.9 Å². The van der Waals surface area contributed by atoms with Crippen molar-refractivity contribution in [3.8, 4) is 5.88 Å². The van der Waals surface area contributed by atoms with Crippen molar-refractivity contribution < 1.29 is 14.3 Å². The van der Waals surface area contributed by atoms with Crippen molar-refractivity contribution in [3.63, 3.8) is 0 Å². The summed E-state index contributed by atoms with van der Waals surface area (Å²) in [7, 11) is 0. The maximum absolute atomic E-state index is 12.7. The first-order valence-electron chi connectivity index (χ1n) is 11.7. The largest absolute Gasteiger partial charge is 0.477 e. The minimum absolute atomic E-state index is 0.00204. The lowest BCUT2D eigenvalue weighted by molar-refractivity contribution is -0.117. The van der Waals surface area contributed by atoms with E-state index in [2.05, 4.69) is 20.7 Å². The molecule has 0 unspecified atom stereocenters.